The Morgan fingerprint density at radius 1 is 1.08 bits per heavy atom. The molecule has 0 atom stereocenters. The second-order valence-electron chi connectivity index (χ2n) is 5.10. The summed E-state index contributed by atoms with van der Waals surface area (Å²) in [7, 11) is 3.08. The minimum atomic E-state index is -0.455. The average molecular weight is 376 g/mol. The molecule has 26 heavy (non-hydrogen) atoms. The third kappa shape index (κ3) is 5.49. The van der Waals surface area contributed by atoms with Crippen LogP contribution >= 0.6 is 11.6 Å². The van der Waals surface area contributed by atoms with Crippen LogP contribution in [-0.2, 0) is 4.79 Å². The molecule has 0 aliphatic heterocycles. The smallest absolute Gasteiger partial charge is 0.259 e. The Morgan fingerprint density at radius 3 is 2.42 bits per heavy atom. The van der Waals surface area contributed by atoms with Crippen LogP contribution < -0.4 is 20.2 Å². The van der Waals surface area contributed by atoms with E-state index >= 15 is 0 Å². The highest BCUT2D eigenvalue weighted by molar-refractivity contribution is 6.30. The summed E-state index contributed by atoms with van der Waals surface area (Å²) in [6.07, 6.45) is 1.46. The fourth-order valence-electron chi connectivity index (χ4n) is 2.02. The van der Waals surface area contributed by atoms with Gasteiger partial charge in [-0.2, -0.15) is 5.10 Å². The van der Waals surface area contributed by atoms with Gasteiger partial charge in [0.25, 0.3) is 11.8 Å². The van der Waals surface area contributed by atoms with Gasteiger partial charge in [0.2, 0.25) is 0 Å². The number of carbonyl (C=O) groups is 2. The molecule has 2 amide bonds. The molecule has 2 aromatic rings. The van der Waals surface area contributed by atoms with E-state index < -0.39 is 5.91 Å². The molecule has 0 aliphatic rings. The van der Waals surface area contributed by atoms with Crippen molar-refractivity contribution in [2.75, 3.05) is 20.8 Å². The number of nitrogens with one attached hydrogen (secondary N) is 2. The average Bonchev–Trinajstić information content (AvgIpc) is 2.66. The van der Waals surface area contributed by atoms with Crippen LogP contribution in [0.1, 0.15) is 15.9 Å². The second-order valence-corrected chi connectivity index (χ2v) is 5.53. The first-order valence-electron chi connectivity index (χ1n) is 7.61. The normalized spacial score (nSPS) is 10.4. The molecule has 0 heterocycles. The molecule has 2 N–H and O–H groups in total. The number of benzene rings is 2. The van der Waals surface area contributed by atoms with Crippen LogP contribution in [0.5, 0.6) is 11.5 Å². The summed E-state index contributed by atoms with van der Waals surface area (Å²) in [5.41, 5.74) is 3.46. The molecule has 0 aromatic heterocycles. The summed E-state index contributed by atoms with van der Waals surface area (Å²) in [6.45, 7) is -0.204. The van der Waals surface area contributed by atoms with Crippen molar-refractivity contribution in [1.82, 2.24) is 10.7 Å². The monoisotopic (exact) mass is 375 g/mol. The van der Waals surface area contributed by atoms with Crippen molar-refractivity contribution in [3.63, 3.8) is 0 Å². The van der Waals surface area contributed by atoms with Crippen LogP contribution in [0.25, 0.3) is 0 Å². The summed E-state index contributed by atoms with van der Waals surface area (Å²) in [5.74, 6) is 0.321. The van der Waals surface area contributed by atoms with E-state index in [-0.39, 0.29) is 12.5 Å². The number of amides is 2. The van der Waals surface area contributed by atoms with E-state index in [1.807, 2.05) is 0 Å². The van der Waals surface area contributed by atoms with Gasteiger partial charge >= 0.3 is 0 Å². The van der Waals surface area contributed by atoms with E-state index in [2.05, 4.69) is 15.8 Å². The lowest BCUT2D eigenvalue weighted by atomic mass is 10.2. The summed E-state index contributed by atoms with van der Waals surface area (Å²) >= 11 is 5.76. The fraction of sp³-hybridized carbons (Fsp3) is 0.167. The molecule has 2 aromatic carbocycles. The van der Waals surface area contributed by atoms with Crippen LogP contribution in [0.3, 0.4) is 0 Å². The number of hydrazone groups is 1. The standard InChI is InChI=1S/C18H18ClN3O4/c1-25-15-8-3-12(9-16(15)26-2)10-21-22-17(23)11-20-18(24)13-4-6-14(19)7-5-13/h3-10H,11H2,1-2H3,(H,20,24)(H,22,23)/b21-10+. The molecule has 0 saturated heterocycles. The van der Waals surface area contributed by atoms with Gasteiger partial charge in [0.05, 0.1) is 27.0 Å². The third-order valence-corrected chi connectivity index (χ3v) is 3.58. The van der Waals surface area contributed by atoms with Crippen LogP contribution in [0, 0.1) is 0 Å². The van der Waals surface area contributed by atoms with E-state index in [9.17, 15) is 9.59 Å². The summed E-state index contributed by atoms with van der Waals surface area (Å²) < 4.78 is 10.3. The molecule has 0 bridgehead atoms. The Balaban J connectivity index is 1.83. The molecule has 0 unspecified atom stereocenters. The Morgan fingerprint density at radius 2 is 1.77 bits per heavy atom. The highest BCUT2D eigenvalue weighted by Gasteiger charge is 2.07. The number of hydrogen-bond acceptors (Lipinski definition) is 5. The van der Waals surface area contributed by atoms with Crippen molar-refractivity contribution in [2.24, 2.45) is 5.10 Å². The van der Waals surface area contributed by atoms with Crippen molar-refractivity contribution in [2.45, 2.75) is 0 Å². The van der Waals surface area contributed by atoms with Gasteiger partial charge in [0.15, 0.2) is 11.5 Å². The number of carbonyl (C=O) groups excluding carboxylic acids is 2. The second kappa shape index (κ2) is 9.43. The van der Waals surface area contributed by atoms with Crippen LogP contribution in [-0.4, -0.2) is 38.8 Å². The van der Waals surface area contributed by atoms with Gasteiger partial charge < -0.3 is 14.8 Å². The van der Waals surface area contributed by atoms with Gasteiger partial charge in [-0.1, -0.05) is 11.6 Å². The van der Waals surface area contributed by atoms with Gasteiger partial charge in [-0.05, 0) is 48.0 Å². The molecule has 0 aliphatic carbocycles. The number of ether oxygens (including phenoxy) is 2. The lowest BCUT2D eigenvalue weighted by molar-refractivity contribution is -0.120. The van der Waals surface area contributed by atoms with Crippen molar-refractivity contribution in [3.05, 3.63) is 58.6 Å². The first-order chi connectivity index (χ1) is 12.5. The Bertz CT molecular complexity index is 807. The molecular weight excluding hydrogens is 358 g/mol. The van der Waals surface area contributed by atoms with Gasteiger partial charge in [-0.25, -0.2) is 5.43 Å². The van der Waals surface area contributed by atoms with Gasteiger partial charge in [-0.15, -0.1) is 0 Å². The first kappa shape index (κ1) is 19.3. The molecule has 0 saturated carbocycles. The van der Waals surface area contributed by atoms with E-state index in [1.54, 1.807) is 49.6 Å². The minimum Gasteiger partial charge on any atom is -0.493 e. The van der Waals surface area contributed by atoms with Crippen LogP contribution in [0.4, 0.5) is 0 Å². The maximum Gasteiger partial charge on any atom is 0.259 e. The SMILES string of the molecule is COc1ccc(/C=N/NC(=O)CNC(=O)c2ccc(Cl)cc2)cc1OC. The minimum absolute atomic E-state index is 0.204. The Hall–Kier alpha value is -3.06. The first-order valence-corrected chi connectivity index (χ1v) is 7.99. The Labute approximate surface area is 155 Å². The molecule has 7 nitrogen and oxygen atoms in total. The number of hydrogen-bond donors (Lipinski definition) is 2. The largest absolute Gasteiger partial charge is 0.493 e. The third-order valence-electron chi connectivity index (χ3n) is 3.33. The fourth-order valence-corrected chi connectivity index (χ4v) is 2.14. The highest BCUT2D eigenvalue weighted by Crippen LogP contribution is 2.26. The van der Waals surface area contributed by atoms with Crippen molar-refractivity contribution in [1.29, 1.82) is 0 Å². The summed E-state index contributed by atoms with van der Waals surface area (Å²) in [6, 6.07) is 11.6. The molecule has 2 rings (SSSR count). The van der Waals surface area contributed by atoms with Crippen molar-refractivity contribution >= 4 is 29.6 Å². The molecule has 0 fully saturated rings. The number of halogens is 1. The zero-order valence-corrected chi connectivity index (χ0v) is 15.0. The summed E-state index contributed by atoms with van der Waals surface area (Å²) in [4.78, 5) is 23.6. The number of nitrogens with zero attached hydrogens (tertiary/aromatic N) is 1. The quantitative estimate of drug-likeness (QED) is 0.573. The van der Waals surface area contributed by atoms with Crippen LogP contribution in [0.2, 0.25) is 5.02 Å². The zero-order chi connectivity index (χ0) is 18.9. The van der Waals surface area contributed by atoms with Gasteiger partial charge in [0.1, 0.15) is 0 Å². The van der Waals surface area contributed by atoms with E-state index in [1.165, 1.54) is 13.3 Å². The topological polar surface area (TPSA) is 89.0 Å². The maximum atomic E-state index is 11.9. The van der Waals surface area contributed by atoms with Gasteiger partial charge in [-0.3, -0.25) is 9.59 Å². The predicted molar refractivity (Wildman–Crippen MR) is 99.1 cm³/mol. The highest BCUT2D eigenvalue weighted by atomic mass is 35.5. The predicted octanol–water partition coefficient (Wildman–Crippen LogP) is 2.24. The summed E-state index contributed by atoms with van der Waals surface area (Å²) in [5, 5.41) is 6.87. The van der Waals surface area contributed by atoms with E-state index in [0.29, 0.717) is 27.6 Å². The molecule has 0 radical (unpaired) electrons. The van der Waals surface area contributed by atoms with Crippen molar-refractivity contribution < 1.29 is 19.1 Å². The zero-order valence-electron chi connectivity index (χ0n) is 14.3. The maximum absolute atomic E-state index is 11.9. The number of rotatable bonds is 7. The Kier molecular flexibility index (Phi) is 6.99. The lowest BCUT2D eigenvalue weighted by Gasteiger charge is -2.07. The molecular formula is C18H18ClN3O4. The van der Waals surface area contributed by atoms with E-state index in [4.69, 9.17) is 21.1 Å². The lowest BCUT2D eigenvalue weighted by Crippen LogP contribution is -2.34. The molecule has 8 heteroatoms. The molecule has 0 spiro atoms. The van der Waals surface area contributed by atoms with E-state index in [0.717, 1.165) is 0 Å². The van der Waals surface area contributed by atoms with Crippen molar-refractivity contribution in [3.8, 4) is 11.5 Å². The van der Waals surface area contributed by atoms with Crippen LogP contribution in [0.15, 0.2) is 47.6 Å². The number of methoxy groups -OCH3 is 2. The molecule has 136 valence electrons. The van der Waals surface area contributed by atoms with Gasteiger partial charge in [0, 0.05) is 10.6 Å².